The first-order valence-corrected chi connectivity index (χ1v) is 6.43. The number of hydrogen-bond donors (Lipinski definition) is 2. The lowest BCUT2D eigenvalue weighted by molar-refractivity contribution is 0.179. The lowest BCUT2D eigenvalue weighted by atomic mass is 9.93. The fourth-order valence-corrected chi connectivity index (χ4v) is 1.35. The van der Waals surface area contributed by atoms with Crippen molar-refractivity contribution in [2.75, 3.05) is 26.8 Å². The highest BCUT2D eigenvalue weighted by atomic mass is 16.5. The summed E-state index contributed by atoms with van der Waals surface area (Å²) in [6.45, 7) is 13.3. The smallest absolute Gasteiger partial charge is 0.191 e. The number of rotatable bonds is 6. The molecule has 4 nitrogen and oxygen atoms in total. The minimum Gasteiger partial charge on any atom is -0.383 e. The summed E-state index contributed by atoms with van der Waals surface area (Å²) < 4.78 is 5.10. The van der Waals surface area contributed by atoms with Crippen molar-refractivity contribution in [3.63, 3.8) is 0 Å². The first-order valence-electron chi connectivity index (χ1n) is 6.43. The molecule has 102 valence electrons. The molecule has 0 aromatic carbocycles. The number of methoxy groups -OCH3 is 1. The van der Waals surface area contributed by atoms with Gasteiger partial charge in [0.05, 0.1) is 6.61 Å². The normalized spacial score (nSPS) is 14.6. The minimum atomic E-state index is 0.271. The molecular weight excluding hydrogens is 214 g/mol. The summed E-state index contributed by atoms with van der Waals surface area (Å²) in [6, 6.07) is 0.271. The van der Waals surface area contributed by atoms with Gasteiger partial charge in [0.2, 0.25) is 0 Å². The Balaban J connectivity index is 4.16. The van der Waals surface area contributed by atoms with Crippen LogP contribution in [0, 0.1) is 5.41 Å². The van der Waals surface area contributed by atoms with Crippen LogP contribution in [0.15, 0.2) is 4.99 Å². The molecule has 0 amide bonds. The van der Waals surface area contributed by atoms with Crippen molar-refractivity contribution in [3.05, 3.63) is 0 Å². The zero-order valence-corrected chi connectivity index (χ0v) is 12.3. The van der Waals surface area contributed by atoms with Gasteiger partial charge in [0, 0.05) is 26.2 Å². The van der Waals surface area contributed by atoms with E-state index in [4.69, 9.17) is 4.74 Å². The Morgan fingerprint density at radius 3 is 2.47 bits per heavy atom. The van der Waals surface area contributed by atoms with Gasteiger partial charge in [0.1, 0.15) is 0 Å². The standard InChI is InChI=1S/C13H29N3O/c1-7-14-12(16-11(2)10-17-6)15-9-8-13(3,4)5/h11H,7-10H2,1-6H3,(H2,14,15,16). The van der Waals surface area contributed by atoms with E-state index < -0.39 is 0 Å². The lowest BCUT2D eigenvalue weighted by Crippen LogP contribution is -2.44. The van der Waals surface area contributed by atoms with Gasteiger partial charge in [-0.2, -0.15) is 0 Å². The molecule has 0 bridgehead atoms. The van der Waals surface area contributed by atoms with Crippen molar-refractivity contribution in [3.8, 4) is 0 Å². The monoisotopic (exact) mass is 243 g/mol. The summed E-state index contributed by atoms with van der Waals surface area (Å²) in [4.78, 5) is 4.56. The summed E-state index contributed by atoms with van der Waals surface area (Å²) >= 11 is 0. The molecule has 0 radical (unpaired) electrons. The first kappa shape index (κ1) is 16.2. The quantitative estimate of drug-likeness (QED) is 0.554. The van der Waals surface area contributed by atoms with Gasteiger partial charge in [-0.15, -0.1) is 0 Å². The van der Waals surface area contributed by atoms with Gasteiger partial charge in [0.15, 0.2) is 5.96 Å². The van der Waals surface area contributed by atoms with E-state index in [0.29, 0.717) is 12.0 Å². The SMILES string of the molecule is CCNC(=NCCC(C)(C)C)NC(C)COC. The average Bonchev–Trinajstić information content (AvgIpc) is 2.16. The van der Waals surface area contributed by atoms with Gasteiger partial charge in [0.25, 0.3) is 0 Å². The third kappa shape index (κ3) is 10.1. The average molecular weight is 243 g/mol. The molecule has 2 N–H and O–H groups in total. The second-order valence-corrected chi connectivity index (χ2v) is 5.57. The zero-order chi connectivity index (χ0) is 13.3. The summed E-state index contributed by atoms with van der Waals surface area (Å²) in [7, 11) is 1.71. The molecule has 0 rings (SSSR count). The van der Waals surface area contributed by atoms with Crippen molar-refractivity contribution >= 4 is 5.96 Å². The summed E-state index contributed by atoms with van der Waals surface area (Å²) in [6.07, 6.45) is 1.09. The van der Waals surface area contributed by atoms with E-state index in [9.17, 15) is 0 Å². The van der Waals surface area contributed by atoms with E-state index in [0.717, 1.165) is 25.5 Å². The minimum absolute atomic E-state index is 0.271. The van der Waals surface area contributed by atoms with E-state index in [-0.39, 0.29) is 6.04 Å². The van der Waals surface area contributed by atoms with Gasteiger partial charge >= 0.3 is 0 Å². The van der Waals surface area contributed by atoms with Crippen molar-refractivity contribution in [2.45, 2.75) is 47.1 Å². The Labute approximate surface area is 106 Å². The first-order chi connectivity index (χ1) is 7.89. The fraction of sp³-hybridized carbons (Fsp3) is 0.923. The lowest BCUT2D eigenvalue weighted by Gasteiger charge is -2.19. The van der Waals surface area contributed by atoms with Gasteiger partial charge in [-0.3, -0.25) is 4.99 Å². The molecule has 4 heteroatoms. The van der Waals surface area contributed by atoms with E-state index in [2.05, 4.69) is 50.2 Å². The van der Waals surface area contributed by atoms with Gasteiger partial charge in [-0.1, -0.05) is 20.8 Å². The molecule has 0 saturated heterocycles. The van der Waals surface area contributed by atoms with Gasteiger partial charge in [-0.25, -0.2) is 0 Å². The number of nitrogens with zero attached hydrogens (tertiary/aromatic N) is 1. The maximum Gasteiger partial charge on any atom is 0.191 e. The third-order valence-corrected chi connectivity index (χ3v) is 2.28. The fourth-order valence-electron chi connectivity index (χ4n) is 1.35. The Bertz CT molecular complexity index is 221. The molecule has 0 aliphatic rings. The van der Waals surface area contributed by atoms with Crippen molar-refractivity contribution in [2.24, 2.45) is 10.4 Å². The molecule has 0 aliphatic carbocycles. The molecule has 1 unspecified atom stereocenters. The Hall–Kier alpha value is -0.770. The van der Waals surface area contributed by atoms with E-state index in [1.807, 2.05) is 0 Å². The molecule has 0 spiro atoms. The van der Waals surface area contributed by atoms with Crippen LogP contribution in [-0.4, -0.2) is 38.8 Å². The number of guanidine groups is 1. The molecule has 0 aliphatic heterocycles. The second kappa shape index (κ2) is 8.34. The Kier molecular flexibility index (Phi) is 7.96. The zero-order valence-electron chi connectivity index (χ0n) is 12.3. The molecule has 17 heavy (non-hydrogen) atoms. The summed E-state index contributed by atoms with van der Waals surface area (Å²) in [5.41, 5.74) is 0.332. The van der Waals surface area contributed by atoms with Crippen LogP contribution >= 0.6 is 0 Å². The third-order valence-electron chi connectivity index (χ3n) is 2.28. The summed E-state index contributed by atoms with van der Waals surface area (Å²) in [5, 5.41) is 6.56. The molecule has 0 saturated carbocycles. The van der Waals surface area contributed by atoms with E-state index >= 15 is 0 Å². The highest BCUT2D eigenvalue weighted by Crippen LogP contribution is 2.17. The van der Waals surface area contributed by atoms with Crippen LogP contribution in [0.1, 0.15) is 41.0 Å². The van der Waals surface area contributed by atoms with Crippen LogP contribution in [0.3, 0.4) is 0 Å². The van der Waals surface area contributed by atoms with Crippen molar-refractivity contribution < 1.29 is 4.74 Å². The van der Waals surface area contributed by atoms with Gasteiger partial charge in [-0.05, 0) is 25.7 Å². The largest absolute Gasteiger partial charge is 0.383 e. The summed E-state index contributed by atoms with van der Waals surface area (Å²) in [5.74, 6) is 0.876. The number of aliphatic imine (C=N–C) groups is 1. The van der Waals surface area contributed by atoms with Gasteiger partial charge < -0.3 is 15.4 Å². The second-order valence-electron chi connectivity index (χ2n) is 5.57. The van der Waals surface area contributed by atoms with E-state index in [1.165, 1.54) is 0 Å². The molecule has 1 atom stereocenters. The molecule has 0 aromatic rings. The van der Waals surface area contributed by atoms with Crippen molar-refractivity contribution in [1.29, 1.82) is 0 Å². The Morgan fingerprint density at radius 1 is 1.35 bits per heavy atom. The van der Waals surface area contributed by atoms with Crippen LogP contribution in [-0.2, 0) is 4.74 Å². The molecule has 0 fully saturated rings. The molecule has 0 aromatic heterocycles. The topological polar surface area (TPSA) is 45.7 Å². The van der Waals surface area contributed by atoms with Crippen LogP contribution in [0.4, 0.5) is 0 Å². The number of ether oxygens (including phenoxy) is 1. The van der Waals surface area contributed by atoms with E-state index in [1.54, 1.807) is 7.11 Å². The maximum atomic E-state index is 5.10. The highest BCUT2D eigenvalue weighted by molar-refractivity contribution is 5.80. The van der Waals surface area contributed by atoms with Crippen molar-refractivity contribution in [1.82, 2.24) is 10.6 Å². The number of nitrogens with one attached hydrogen (secondary N) is 2. The number of hydrogen-bond acceptors (Lipinski definition) is 2. The van der Waals surface area contributed by atoms with Crippen LogP contribution in [0.2, 0.25) is 0 Å². The van der Waals surface area contributed by atoms with Crippen LogP contribution in [0.5, 0.6) is 0 Å². The predicted octanol–water partition coefficient (Wildman–Crippen LogP) is 2.01. The molecule has 0 heterocycles. The molecular formula is C13H29N3O. The Morgan fingerprint density at radius 2 is 2.00 bits per heavy atom. The van der Waals surface area contributed by atoms with Crippen LogP contribution < -0.4 is 10.6 Å². The predicted molar refractivity (Wildman–Crippen MR) is 74.5 cm³/mol. The maximum absolute atomic E-state index is 5.10. The highest BCUT2D eigenvalue weighted by Gasteiger charge is 2.09. The van der Waals surface area contributed by atoms with Crippen LogP contribution in [0.25, 0.3) is 0 Å².